The van der Waals surface area contributed by atoms with Crippen molar-refractivity contribution < 1.29 is 28.7 Å². The van der Waals surface area contributed by atoms with Gasteiger partial charge in [-0.25, -0.2) is 4.79 Å². The first kappa shape index (κ1) is 24.0. The third kappa shape index (κ3) is 6.19. The average molecular weight is 453 g/mol. The normalized spacial score (nSPS) is 15.3. The summed E-state index contributed by atoms with van der Waals surface area (Å²) in [5, 5.41) is 2.72. The van der Waals surface area contributed by atoms with E-state index >= 15 is 0 Å². The van der Waals surface area contributed by atoms with Crippen LogP contribution in [0.15, 0.2) is 42.5 Å². The van der Waals surface area contributed by atoms with Crippen molar-refractivity contribution in [1.29, 1.82) is 0 Å². The molecule has 1 fully saturated rings. The number of nitrogens with one attached hydrogen (secondary N) is 1. The molecule has 8 nitrogen and oxygen atoms in total. The Morgan fingerprint density at radius 3 is 2.45 bits per heavy atom. The van der Waals surface area contributed by atoms with Gasteiger partial charge in [-0.3, -0.25) is 14.4 Å². The van der Waals surface area contributed by atoms with Crippen molar-refractivity contribution in [3.63, 3.8) is 0 Å². The number of anilines is 2. The van der Waals surface area contributed by atoms with Gasteiger partial charge in [0.15, 0.2) is 6.61 Å². The van der Waals surface area contributed by atoms with Crippen molar-refractivity contribution in [2.24, 2.45) is 5.92 Å². The number of benzene rings is 2. The largest absolute Gasteiger partial charge is 0.462 e. The van der Waals surface area contributed by atoms with Crippen LogP contribution in [0.3, 0.4) is 0 Å². The van der Waals surface area contributed by atoms with E-state index in [0.717, 1.165) is 17.5 Å². The molecular formula is C25H28N2O6. The summed E-state index contributed by atoms with van der Waals surface area (Å²) in [4.78, 5) is 50.4. The number of nitrogens with zero attached hydrogens (tertiary/aromatic N) is 1. The van der Waals surface area contributed by atoms with Crippen molar-refractivity contribution in [3.8, 4) is 0 Å². The SMILES string of the molecule is CCCOC(=O)c1ccc(N2C[C@H](C(=O)OCC(=O)Nc3ccc(C)cc3C)CC2=O)cc1. The Kier molecular flexibility index (Phi) is 7.82. The first-order chi connectivity index (χ1) is 15.8. The van der Waals surface area contributed by atoms with Crippen LogP contribution in [0, 0.1) is 19.8 Å². The van der Waals surface area contributed by atoms with Crippen molar-refractivity contribution in [2.45, 2.75) is 33.6 Å². The molecule has 1 heterocycles. The van der Waals surface area contributed by atoms with E-state index in [0.29, 0.717) is 23.5 Å². The number of amides is 2. The maximum atomic E-state index is 12.4. The van der Waals surface area contributed by atoms with Crippen LogP contribution in [-0.4, -0.2) is 43.5 Å². The Morgan fingerprint density at radius 1 is 1.06 bits per heavy atom. The van der Waals surface area contributed by atoms with E-state index in [-0.39, 0.29) is 18.9 Å². The van der Waals surface area contributed by atoms with Gasteiger partial charge in [-0.05, 0) is 56.2 Å². The average Bonchev–Trinajstić information content (AvgIpc) is 3.19. The second-order valence-corrected chi connectivity index (χ2v) is 8.06. The van der Waals surface area contributed by atoms with Gasteiger partial charge in [-0.1, -0.05) is 24.6 Å². The van der Waals surface area contributed by atoms with Crippen LogP contribution in [0.25, 0.3) is 0 Å². The van der Waals surface area contributed by atoms with Crippen LogP contribution in [-0.2, 0) is 23.9 Å². The maximum Gasteiger partial charge on any atom is 0.338 e. The standard InChI is InChI=1S/C25H28N2O6/c1-4-11-32-24(30)18-6-8-20(9-7-18)27-14-19(13-23(27)29)25(31)33-15-22(28)26-21-10-5-16(2)12-17(21)3/h5-10,12,19H,4,11,13-15H2,1-3H3,(H,26,28)/t19-/m1/s1. The molecule has 1 saturated heterocycles. The molecule has 0 radical (unpaired) electrons. The van der Waals surface area contributed by atoms with E-state index in [9.17, 15) is 19.2 Å². The van der Waals surface area contributed by atoms with Crippen molar-refractivity contribution in [1.82, 2.24) is 0 Å². The summed E-state index contributed by atoms with van der Waals surface area (Å²) in [5.74, 6) is -2.35. The minimum absolute atomic E-state index is 0.00217. The highest BCUT2D eigenvalue weighted by molar-refractivity contribution is 6.00. The molecule has 1 aliphatic heterocycles. The van der Waals surface area contributed by atoms with E-state index in [4.69, 9.17) is 9.47 Å². The number of esters is 2. The number of carbonyl (C=O) groups is 4. The van der Waals surface area contributed by atoms with Gasteiger partial charge >= 0.3 is 11.9 Å². The van der Waals surface area contributed by atoms with Crippen LogP contribution in [0.5, 0.6) is 0 Å². The van der Waals surface area contributed by atoms with E-state index in [2.05, 4.69) is 5.32 Å². The highest BCUT2D eigenvalue weighted by Gasteiger charge is 2.36. The summed E-state index contributed by atoms with van der Waals surface area (Å²) in [6.45, 7) is 5.82. The number of carbonyl (C=O) groups excluding carboxylic acids is 4. The first-order valence-electron chi connectivity index (χ1n) is 10.9. The van der Waals surface area contributed by atoms with Crippen LogP contribution in [0.1, 0.15) is 41.3 Å². The van der Waals surface area contributed by atoms with Crippen LogP contribution in [0.4, 0.5) is 11.4 Å². The van der Waals surface area contributed by atoms with Crippen LogP contribution >= 0.6 is 0 Å². The minimum Gasteiger partial charge on any atom is -0.462 e. The lowest BCUT2D eigenvalue weighted by Crippen LogP contribution is -2.28. The second-order valence-electron chi connectivity index (χ2n) is 8.06. The molecule has 1 N–H and O–H groups in total. The highest BCUT2D eigenvalue weighted by Crippen LogP contribution is 2.26. The number of hydrogen-bond acceptors (Lipinski definition) is 6. The first-order valence-corrected chi connectivity index (χ1v) is 10.9. The molecule has 2 aromatic rings. The molecule has 0 unspecified atom stereocenters. The number of ether oxygens (including phenoxy) is 2. The Labute approximate surface area is 192 Å². The smallest absolute Gasteiger partial charge is 0.338 e. The summed E-state index contributed by atoms with van der Waals surface area (Å²) < 4.78 is 10.2. The quantitative estimate of drug-likeness (QED) is 0.616. The fraction of sp³-hybridized carbons (Fsp3) is 0.360. The number of hydrogen-bond donors (Lipinski definition) is 1. The molecule has 8 heteroatoms. The zero-order valence-corrected chi connectivity index (χ0v) is 19.1. The highest BCUT2D eigenvalue weighted by atomic mass is 16.5. The zero-order chi connectivity index (χ0) is 24.0. The summed E-state index contributed by atoms with van der Waals surface area (Å²) >= 11 is 0. The summed E-state index contributed by atoms with van der Waals surface area (Å²) in [7, 11) is 0. The third-order valence-corrected chi connectivity index (χ3v) is 5.31. The van der Waals surface area contributed by atoms with Gasteiger partial charge in [0.2, 0.25) is 5.91 Å². The van der Waals surface area contributed by atoms with Crippen molar-refractivity contribution in [3.05, 3.63) is 59.2 Å². The number of rotatable bonds is 8. The second kappa shape index (κ2) is 10.8. The van der Waals surface area contributed by atoms with Crippen LogP contribution < -0.4 is 10.2 Å². The molecule has 0 bridgehead atoms. The lowest BCUT2D eigenvalue weighted by molar-refractivity contribution is -0.151. The molecule has 2 amide bonds. The molecule has 3 rings (SSSR count). The topological polar surface area (TPSA) is 102 Å². The fourth-order valence-electron chi connectivity index (χ4n) is 3.57. The molecule has 0 saturated carbocycles. The van der Waals surface area contributed by atoms with E-state index in [1.54, 1.807) is 30.3 Å². The van der Waals surface area contributed by atoms with Gasteiger partial charge in [0.05, 0.1) is 18.1 Å². The Morgan fingerprint density at radius 2 is 1.79 bits per heavy atom. The predicted molar refractivity (Wildman–Crippen MR) is 123 cm³/mol. The number of aryl methyl sites for hydroxylation is 2. The summed E-state index contributed by atoms with van der Waals surface area (Å²) in [6, 6.07) is 12.1. The van der Waals surface area contributed by atoms with E-state index in [1.165, 1.54) is 4.90 Å². The van der Waals surface area contributed by atoms with Gasteiger partial charge in [0, 0.05) is 24.3 Å². The van der Waals surface area contributed by atoms with Gasteiger partial charge in [0.25, 0.3) is 5.91 Å². The fourth-order valence-corrected chi connectivity index (χ4v) is 3.57. The van der Waals surface area contributed by atoms with Gasteiger partial charge in [0.1, 0.15) is 0 Å². The Balaban J connectivity index is 1.52. The van der Waals surface area contributed by atoms with Crippen molar-refractivity contribution in [2.75, 3.05) is 30.0 Å². The van der Waals surface area contributed by atoms with E-state index in [1.807, 2.05) is 32.9 Å². The lowest BCUT2D eigenvalue weighted by Gasteiger charge is -2.17. The molecular weight excluding hydrogens is 424 g/mol. The minimum atomic E-state index is -0.666. The van der Waals surface area contributed by atoms with Gasteiger partial charge in [-0.2, -0.15) is 0 Å². The Bertz CT molecular complexity index is 1050. The summed E-state index contributed by atoms with van der Waals surface area (Å²) in [6.07, 6.45) is 0.731. The maximum absolute atomic E-state index is 12.4. The molecule has 0 aliphatic carbocycles. The molecule has 1 aliphatic rings. The Hall–Kier alpha value is -3.68. The lowest BCUT2D eigenvalue weighted by atomic mass is 10.1. The molecule has 0 spiro atoms. The predicted octanol–water partition coefficient (Wildman–Crippen LogP) is 3.41. The van der Waals surface area contributed by atoms with Crippen LogP contribution in [0.2, 0.25) is 0 Å². The van der Waals surface area contributed by atoms with Gasteiger partial charge in [-0.15, -0.1) is 0 Å². The molecule has 33 heavy (non-hydrogen) atoms. The molecule has 1 atom stereocenters. The molecule has 174 valence electrons. The van der Waals surface area contributed by atoms with Gasteiger partial charge < -0.3 is 19.7 Å². The molecule has 0 aromatic heterocycles. The van der Waals surface area contributed by atoms with Crippen molar-refractivity contribution >= 4 is 35.1 Å². The molecule has 2 aromatic carbocycles. The monoisotopic (exact) mass is 452 g/mol. The summed E-state index contributed by atoms with van der Waals surface area (Å²) in [5.41, 5.74) is 3.63. The third-order valence-electron chi connectivity index (χ3n) is 5.31. The zero-order valence-electron chi connectivity index (χ0n) is 19.1. The van der Waals surface area contributed by atoms with E-state index < -0.39 is 30.4 Å².